The van der Waals surface area contributed by atoms with Gasteiger partial charge in [-0.2, -0.15) is 4.98 Å². The lowest BCUT2D eigenvalue weighted by Gasteiger charge is -2.20. The molecule has 7 heteroatoms. The predicted molar refractivity (Wildman–Crippen MR) is 89.1 cm³/mol. The van der Waals surface area contributed by atoms with E-state index in [1.54, 1.807) is 31.0 Å². The fourth-order valence-corrected chi connectivity index (χ4v) is 2.67. The molecule has 134 valence electrons. The molecule has 1 aliphatic carbocycles. The number of aliphatic hydroxyl groups is 1. The Bertz CT molecular complexity index is 758. The molecule has 1 heterocycles. The maximum atomic E-state index is 13.3. The summed E-state index contributed by atoms with van der Waals surface area (Å²) < 4.78 is 18.5. The number of halogens is 1. The summed E-state index contributed by atoms with van der Waals surface area (Å²) >= 11 is 0. The molecule has 0 spiro atoms. The van der Waals surface area contributed by atoms with Gasteiger partial charge in [-0.25, -0.2) is 4.39 Å². The van der Waals surface area contributed by atoms with Crippen molar-refractivity contribution in [3.8, 4) is 11.4 Å². The van der Waals surface area contributed by atoms with Gasteiger partial charge in [0.2, 0.25) is 17.6 Å². The number of hydrogen-bond donors (Lipinski definition) is 1. The molecule has 6 nitrogen and oxygen atoms in total. The van der Waals surface area contributed by atoms with Crippen LogP contribution in [-0.2, 0) is 11.2 Å². The van der Waals surface area contributed by atoms with E-state index in [-0.39, 0.29) is 18.1 Å². The molecule has 1 saturated carbocycles. The van der Waals surface area contributed by atoms with Crippen LogP contribution in [0.3, 0.4) is 0 Å². The minimum absolute atomic E-state index is 0.0722. The molecule has 1 amide bonds. The van der Waals surface area contributed by atoms with Crippen LogP contribution in [0, 0.1) is 18.7 Å². The van der Waals surface area contributed by atoms with E-state index in [1.165, 1.54) is 6.07 Å². The molecule has 0 radical (unpaired) electrons. The molecule has 0 aliphatic heterocycles. The molecular formula is C18H22FN3O3. The van der Waals surface area contributed by atoms with E-state index in [9.17, 15) is 14.3 Å². The van der Waals surface area contributed by atoms with E-state index in [0.717, 1.165) is 12.8 Å². The fourth-order valence-electron chi connectivity index (χ4n) is 2.67. The molecule has 1 unspecified atom stereocenters. The quantitative estimate of drug-likeness (QED) is 0.832. The van der Waals surface area contributed by atoms with Crippen molar-refractivity contribution in [1.82, 2.24) is 15.0 Å². The summed E-state index contributed by atoms with van der Waals surface area (Å²) in [4.78, 5) is 17.9. The Morgan fingerprint density at radius 3 is 2.92 bits per heavy atom. The lowest BCUT2D eigenvalue weighted by Crippen LogP contribution is -2.35. The summed E-state index contributed by atoms with van der Waals surface area (Å²) in [6.45, 7) is 2.03. The van der Waals surface area contributed by atoms with Crippen LogP contribution in [0.1, 0.15) is 30.7 Å². The molecule has 1 aromatic heterocycles. The number of carbonyl (C=O) groups excluding carboxylic acids is 1. The van der Waals surface area contributed by atoms with Crippen molar-refractivity contribution in [2.45, 2.75) is 38.7 Å². The van der Waals surface area contributed by atoms with Crippen LogP contribution < -0.4 is 0 Å². The molecule has 1 N–H and O–H groups in total. The van der Waals surface area contributed by atoms with Gasteiger partial charge in [0, 0.05) is 32.0 Å². The first-order chi connectivity index (χ1) is 11.9. The first-order valence-electron chi connectivity index (χ1n) is 8.45. The molecular weight excluding hydrogens is 325 g/mol. The van der Waals surface area contributed by atoms with Crippen molar-refractivity contribution < 1.29 is 18.8 Å². The number of rotatable bonds is 7. The topological polar surface area (TPSA) is 79.5 Å². The van der Waals surface area contributed by atoms with Crippen molar-refractivity contribution in [2.24, 2.45) is 5.92 Å². The van der Waals surface area contributed by atoms with E-state index < -0.39 is 6.10 Å². The highest BCUT2D eigenvalue weighted by molar-refractivity contribution is 5.76. The number of nitrogens with zero attached hydrogens (tertiary/aromatic N) is 3. The zero-order valence-electron chi connectivity index (χ0n) is 14.4. The van der Waals surface area contributed by atoms with Crippen LogP contribution >= 0.6 is 0 Å². The van der Waals surface area contributed by atoms with Crippen LogP contribution in [0.4, 0.5) is 4.39 Å². The number of hydrogen-bond acceptors (Lipinski definition) is 5. The minimum atomic E-state index is -0.439. The van der Waals surface area contributed by atoms with Gasteiger partial charge < -0.3 is 14.5 Å². The summed E-state index contributed by atoms with van der Waals surface area (Å²) in [7, 11) is 1.69. The van der Waals surface area contributed by atoms with Crippen LogP contribution in [0.25, 0.3) is 11.4 Å². The average molecular weight is 347 g/mol. The van der Waals surface area contributed by atoms with Crippen molar-refractivity contribution in [2.75, 3.05) is 13.6 Å². The third-order valence-corrected chi connectivity index (χ3v) is 4.49. The number of carbonyl (C=O) groups is 1. The number of aromatic nitrogens is 2. The number of aliphatic hydroxyl groups excluding tert-OH is 1. The second kappa shape index (κ2) is 7.31. The first kappa shape index (κ1) is 17.5. The first-order valence-corrected chi connectivity index (χ1v) is 8.45. The number of aryl methyl sites for hydroxylation is 2. The van der Waals surface area contributed by atoms with Crippen LogP contribution in [-0.4, -0.2) is 45.8 Å². The maximum Gasteiger partial charge on any atom is 0.227 e. The number of benzene rings is 1. The zero-order valence-corrected chi connectivity index (χ0v) is 14.4. The maximum absolute atomic E-state index is 13.3. The Kier molecular flexibility index (Phi) is 5.13. The van der Waals surface area contributed by atoms with Gasteiger partial charge in [-0.3, -0.25) is 4.79 Å². The third-order valence-electron chi connectivity index (χ3n) is 4.49. The van der Waals surface area contributed by atoms with Gasteiger partial charge in [0.1, 0.15) is 5.82 Å². The van der Waals surface area contributed by atoms with Crippen molar-refractivity contribution >= 4 is 5.91 Å². The molecule has 1 aromatic carbocycles. The van der Waals surface area contributed by atoms with Crippen molar-refractivity contribution in [3.05, 3.63) is 35.5 Å². The molecule has 25 heavy (non-hydrogen) atoms. The Hall–Kier alpha value is -2.28. The number of amides is 1. The smallest absolute Gasteiger partial charge is 0.227 e. The summed E-state index contributed by atoms with van der Waals surface area (Å²) in [5.41, 5.74) is 1.18. The SMILES string of the molecule is Cc1cc(-c2noc(CCC(=O)N(C)CC(O)C3CC3)n2)ccc1F. The Morgan fingerprint density at radius 1 is 1.48 bits per heavy atom. The van der Waals surface area contributed by atoms with Gasteiger partial charge in [-0.1, -0.05) is 5.16 Å². The third kappa shape index (κ3) is 4.42. The van der Waals surface area contributed by atoms with Gasteiger partial charge in [0.25, 0.3) is 0 Å². The second-order valence-corrected chi connectivity index (χ2v) is 6.65. The summed E-state index contributed by atoms with van der Waals surface area (Å²) in [5, 5.41) is 13.8. The van der Waals surface area contributed by atoms with Crippen LogP contribution in [0.2, 0.25) is 0 Å². The van der Waals surface area contributed by atoms with Gasteiger partial charge >= 0.3 is 0 Å². The molecule has 3 rings (SSSR count). The molecule has 2 aromatic rings. The highest BCUT2D eigenvalue weighted by Gasteiger charge is 2.31. The average Bonchev–Trinajstić information content (AvgIpc) is 3.34. The largest absolute Gasteiger partial charge is 0.391 e. The minimum Gasteiger partial charge on any atom is -0.391 e. The highest BCUT2D eigenvalue weighted by atomic mass is 19.1. The summed E-state index contributed by atoms with van der Waals surface area (Å²) in [5.74, 6) is 0.726. The lowest BCUT2D eigenvalue weighted by atomic mass is 10.1. The van der Waals surface area contributed by atoms with Gasteiger partial charge in [0.15, 0.2) is 0 Å². The van der Waals surface area contributed by atoms with Crippen molar-refractivity contribution in [1.29, 1.82) is 0 Å². The molecule has 0 bridgehead atoms. The van der Waals surface area contributed by atoms with Crippen LogP contribution in [0.5, 0.6) is 0 Å². The summed E-state index contributed by atoms with van der Waals surface area (Å²) in [6, 6.07) is 4.61. The predicted octanol–water partition coefficient (Wildman–Crippen LogP) is 2.35. The highest BCUT2D eigenvalue weighted by Crippen LogP contribution is 2.32. The molecule has 1 aliphatic rings. The lowest BCUT2D eigenvalue weighted by molar-refractivity contribution is -0.131. The van der Waals surface area contributed by atoms with Crippen molar-refractivity contribution in [3.63, 3.8) is 0 Å². The Balaban J connectivity index is 1.54. The van der Waals surface area contributed by atoms with E-state index in [1.807, 2.05) is 0 Å². The normalized spacial score (nSPS) is 15.2. The second-order valence-electron chi connectivity index (χ2n) is 6.65. The Labute approximate surface area is 145 Å². The van der Waals surface area contributed by atoms with Crippen LogP contribution in [0.15, 0.2) is 22.7 Å². The molecule has 1 atom stereocenters. The van der Waals surface area contributed by atoms with E-state index >= 15 is 0 Å². The molecule has 0 saturated heterocycles. The molecule has 1 fully saturated rings. The summed E-state index contributed by atoms with van der Waals surface area (Å²) in [6.07, 6.45) is 2.20. The van der Waals surface area contributed by atoms with E-state index in [4.69, 9.17) is 4.52 Å². The number of likely N-dealkylation sites (N-methyl/N-ethyl adjacent to an activating group) is 1. The van der Waals surface area contributed by atoms with Gasteiger partial charge in [-0.05, 0) is 49.4 Å². The van der Waals surface area contributed by atoms with E-state index in [2.05, 4.69) is 10.1 Å². The monoisotopic (exact) mass is 347 g/mol. The standard InChI is InChI=1S/C18H22FN3O3/c1-11-9-13(5-6-14(11)19)18-20-16(25-21-18)7-8-17(24)22(2)10-15(23)12-3-4-12/h5-6,9,12,15,23H,3-4,7-8,10H2,1-2H3. The fraction of sp³-hybridized carbons (Fsp3) is 0.500. The Morgan fingerprint density at radius 2 is 2.24 bits per heavy atom. The van der Waals surface area contributed by atoms with Gasteiger partial charge in [0.05, 0.1) is 6.10 Å². The van der Waals surface area contributed by atoms with Gasteiger partial charge in [-0.15, -0.1) is 0 Å². The zero-order chi connectivity index (χ0) is 18.0. The van der Waals surface area contributed by atoms with E-state index in [0.29, 0.717) is 41.7 Å².